The van der Waals surface area contributed by atoms with E-state index in [2.05, 4.69) is 48.3 Å². The summed E-state index contributed by atoms with van der Waals surface area (Å²) in [5, 5.41) is 3.03. The van der Waals surface area contributed by atoms with Crippen LogP contribution in [0.4, 0.5) is 0 Å². The normalized spacial score (nSPS) is 17.9. The molecule has 156 valence electrons. The van der Waals surface area contributed by atoms with Crippen LogP contribution in [0.25, 0.3) is 11.1 Å². The summed E-state index contributed by atoms with van der Waals surface area (Å²) in [4.78, 5) is 27.7. The molecule has 4 nitrogen and oxygen atoms in total. The first-order chi connectivity index (χ1) is 14.6. The van der Waals surface area contributed by atoms with Gasteiger partial charge in [-0.25, -0.2) is 0 Å². The largest absolute Gasteiger partial charge is 0.352 e. The van der Waals surface area contributed by atoms with Gasteiger partial charge in [0, 0.05) is 25.6 Å². The molecule has 1 saturated heterocycles. The zero-order valence-electron chi connectivity index (χ0n) is 17.5. The van der Waals surface area contributed by atoms with Crippen LogP contribution in [-0.2, 0) is 16.0 Å². The molecule has 0 radical (unpaired) electrons. The minimum Gasteiger partial charge on any atom is -0.352 e. The molecule has 0 spiro atoms. The van der Waals surface area contributed by atoms with Crippen molar-refractivity contribution >= 4 is 11.8 Å². The Morgan fingerprint density at radius 2 is 1.73 bits per heavy atom. The molecule has 30 heavy (non-hydrogen) atoms. The predicted octanol–water partition coefficient (Wildman–Crippen LogP) is 4.22. The highest BCUT2D eigenvalue weighted by molar-refractivity contribution is 5.85. The van der Waals surface area contributed by atoms with Gasteiger partial charge in [-0.1, -0.05) is 60.7 Å². The lowest BCUT2D eigenvalue weighted by Gasteiger charge is -2.41. The quantitative estimate of drug-likeness (QED) is 0.705. The first-order valence-corrected chi connectivity index (χ1v) is 10.9. The number of carbonyl (C=O) groups is 2. The number of likely N-dealkylation sites (tertiary alicyclic amines) is 1. The van der Waals surface area contributed by atoms with Gasteiger partial charge >= 0.3 is 0 Å². The van der Waals surface area contributed by atoms with E-state index in [-0.39, 0.29) is 17.7 Å². The molecule has 0 unspecified atom stereocenters. The molecule has 0 aromatic heterocycles. The molecule has 4 rings (SSSR count). The summed E-state index contributed by atoms with van der Waals surface area (Å²) in [5.74, 6) is 0.585. The van der Waals surface area contributed by atoms with Crippen LogP contribution in [-0.4, -0.2) is 36.3 Å². The van der Waals surface area contributed by atoms with E-state index in [0.717, 1.165) is 24.0 Å². The molecule has 2 fully saturated rings. The molecule has 1 heterocycles. The predicted molar refractivity (Wildman–Crippen MR) is 120 cm³/mol. The number of benzene rings is 2. The summed E-state index contributed by atoms with van der Waals surface area (Å²) < 4.78 is 0. The van der Waals surface area contributed by atoms with E-state index in [0.29, 0.717) is 38.9 Å². The smallest absolute Gasteiger partial charge is 0.226 e. The third kappa shape index (κ3) is 4.48. The fourth-order valence-corrected chi connectivity index (χ4v) is 4.46. The molecular weight excluding hydrogens is 372 g/mol. The topological polar surface area (TPSA) is 49.4 Å². The zero-order valence-corrected chi connectivity index (χ0v) is 17.5. The van der Waals surface area contributed by atoms with Crippen molar-refractivity contribution in [2.45, 2.75) is 32.1 Å². The fourth-order valence-electron chi connectivity index (χ4n) is 4.46. The van der Waals surface area contributed by atoms with Crippen molar-refractivity contribution in [3.63, 3.8) is 0 Å². The van der Waals surface area contributed by atoms with Gasteiger partial charge in [0.15, 0.2) is 0 Å². The minimum absolute atomic E-state index is 0.0750. The Balaban J connectivity index is 1.54. The summed E-state index contributed by atoms with van der Waals surface area (Å²) in [5.41, 5.74) is 3.01. The highest BCUT2D eigenvalue weighted by Gasteiger charge is 2.44. The average Bonchev–Trinajstić information content (AvgIpc) is 3.64. The highest BCUT2D eigenvalue weighted by atomic mass is 16.2. The maximum Gasteiger partial charge on any atom is 0.226 e. The summed E-state index contributed by atoms with van der Waals surface area (Å²) in [6.45, 7) is 5.52. The Kier molecular flexibility index (Phi) is 6.03. The van der Waals surface area contributed by atoms with Crippen LogP contribution < -0.4 is 5.32 Å². The Morgan fingerprint density at radius 1 is 1.03 bits per heavy atom. The summed E-state index contributed by atoms with van der Waals surface area (Å²) in [6.07, 6.45) is 5.84. The average molecular weight is 403 g/mol. The lowest BCUT2D eigenvalue weighted by atomic mass is 9.72. The van der Waals surface area contributed by atoms with Gasteiger partial charge in [-0.05, 0) is 48.8 Å². The van der Waals surface area contributed by atoms with Crippen molar-refractivity contribution in [3.8, 4) is 11.1 Å². The second-order valence-electron chi connectivity index (χ2n) is 8.62. The van der Waals surface area contributed by atoms with Crippen LogP contribution in [0.5, 0.6) is 0 Å². The van der Waals surface area contributed by atoms with Crippen molar-refractivity contribution in [2.75, 3.05) is 19.6 Å². The molecule has 2 aromatic rings. The molecule has 2 amide bonds. The van der Waals surface area contributed by atoms with Crippen LogP contribution >= 0.6 is 0 Å². The monoisotopic (exact) mass is 402 g/mol. The highest BCUT2D eigenvalue weighted by Crippen LogP contribution is 2.39. The standard InChI is InChI=1S/C26H30N2O2/c1-2-15-27-25(30)26(13-16-28(17-14-26)24(29)22-11-12-22)19-20-7-6-10-23(18-20)21-8-4-3-5-9-21/h2-10,18,22H,1,11-17,19H2,(H,27,30). The Hall–Kier alpha value is -2.88. The van der Waals surface area contributed by atoms with Crippen LogP contribution in [0.2, 0.25) is 0 Å². The number of nitrogens with zero attached hydrogens (tertiary/aromatic N) is 1. The van der Waals surface area contributed by atoms with E-state index in [1.54, 1.807) is 6.08 Å². The maximum absolute atomic E-state index is 13.2. The van der Waals surface area contributed by atoms with Crippen LogP contribution in [0.15, 0.2) is 67.3 Å². The second kappa shape index (κ2) is 8.86. The van der Waals surface area contributed by atoms with Gasteiger partial charge < -0.3 is 10.2 Å². The van der Waals surface area contributed by atoms with Crippen LogP contribution in [0.1, 0.15) is 31.2 Å². The SMILES string of the molecule is C=CCNC(=O)C1(Cc2cccc(-c3ccccc3)c2)CCN(C(=O)C2CC2)CC1. The van der Waals surface area contributed by atoms with Crippen LogP contribution in [0, 0.1) is 11.3 Å². The number of nitrogens with one attached hydrogen (secondary N) is 1. The lowest BCUT2D eigenvalue weighted by Crippen LogP contribution is -2.51. The molecule has 0 atom stereocenters. The molecule has 1 N–H and O–H groups in total. The summed E-state index contributed by atoms with van der Waals surface area (Å²) in [7, 11) is 0. The van der Waals surface area contributed by atoms with Gasteiger partial charge in [0.05, 0.1) is 5.41 Å². The van der Waals surface area contributed by atoms with Gasteiger partial charge in [-0.15, -0.1) is 6.58 Å². The molecule has 1 saturated carbocycles. The van der Waals surface area contributed by atoms with Crippen molar-refractivity contribution in [2.24, 2.45) is 11.3 Å². The van der Waals surface area contributed by atoms with E-state index in [4.69, 9.17) is 0 Å². The van der Waals surface area contributed by atoms with Crippen molar-refractivity contribution in [3.05, 3.63) is 72.8 Å². The van der Waals surface area contributed by atoms with Gasteiger partial charge in [0.1, 0.15) is 0 Å². The molecule has 4 heteroatoms. The van der Waals surface area contributed by atoms with E-state index in [9.17, 15) is 9.59 Å². The van der Waals surface area contributed by atoms with E-state index >= 15 is 0 Å². The van der Waals surface area contributed by atoms with Crippen molar-refractivity contribution in [1.82, 2.24) is 10.2 Å². The van der Waals surface area contributed by atoms with E-state index < -0.39 is 5.41 Å². The zero-order chi connectivity index (χ0) is 21.0. The lowest BCUT2D eigenvalue weighted by molar-refractivity contribution is -0.141. The Morgan fingerprint density at radius 3 is 2.40 bits per heavy atom. The molecule has 2 aliphatic rings. The third-order valence-electron chi connectivity index (χ3n) is 6.42. The van der Waals surface area contributed by atoms with E-state index in [1.807, 2.05) is 23.1 Å². The second-order valence-corrected chi connectivity index (χ2v) is 8.62. The first-order valence-electron chi connectivity index (χ1n) is 10.9. The van der Waals surface area contributed by atoms with Gasteiger partial charge in [-0.2, -0.15) is 0 Å². The third-order valence-corrected chi connectivity index (χ3v) is 6.42. The summed E-state index contributed by atoms with van der Waals surface area (Å²) >= 11 is 0. The molecule has 0 bridgehead atoms. The molecular formula is C26H30N2O2. The van der Waals surface area contributed by atoms with Gasteiger partial charge in [-0.3, -0.25) is 9.59 Å². The van der Waals surface area contributed by atoms with E-state index in [1.165, 1.54) is 5.56 Å². The number of amides is 2. The Labute approximate surface area is 179 Å². The number of rotatable bonds is 7. The molecule has 1 aliphatic carbocycles. The maximum atomic E-state index is 13.2. The first kappa shape index (κ1) is 20.4. The fraction of sp³-hybridized carbons (Fsp3) is 0.385. The Bertz CT molecular complexity index is 910. The minimum atomic E-state index is -0.487. The number of piperidine rings is 1. The molecule has 2 aromatic carbocycles. The van der Waals surface area contributed by atoms with Gasteiger partial charge in [0.2, 0.25) is 11.8 Å². The van der Waals surface area contributed by atoms with Crippen molar-refractivity contribution in [1.29, 1.82) is 0 Å². The summed E-state index contributed by atoms with van der Waals surface area (Å²) in [6, 6.07) is 18.8. The van der Waals surface area contributed by atoms with Gasteiger partial charge in [0.25, 0.3) is 0 Å². The molecule has 1 aliphatic heterocycles. The van der Waals surface area contributed by atoms with Crippen LogP contribution in [0.3, 0.4) is 0 Å². The number of hydrogen-bond donors (Lipinski definition) is 1. The van der Waals surface area contributed by atoms with Crippen molar-refractivity contribution < 1.29 is 9.59 Å². The number of carbonyl (C=O) groups excluding carboxylic acids is 2. The number of hydrogen-bond acceptors (Lipinski definition) is 2.